The van der Waals surface area contributed by atoms with Crippen LogP contribution in [0.5, 0.6) is 0 Å². The van der Waals surface area contributed by atoms with Crippen LogP contribution in [-0.4, -0.2) is 19.6 Å². The molecule has 2 aromatic heterocycles. The van der Waals surface area contributed by atoms with E-state index in [1.54, 1.807) is 24.3 Å². The molecule has 0 aliphatic carbocycles. The van der Waals surface area contributed by atoms with Crippen molar-refractivity contribution in [2.45, 2.75) is 20.3 Å². The number of anilines is 1. The lowest BCUT2D eigenvalue weighted by molar-refractivity contribution is 0.102. The number of carbonyl (C=O) groups is 1. The Labute approximate surface area is 153 Å². The molecule has 0 saturated heterocycles. The van der Waals surface area contributed by atoms with Gasteiger partial charge in [0, 0.05) is 22.2 Å². The molecular formula is C19H16N4O2S. The highest BCUT2D eigenvalue weighted by Crippen LogP contribution is 2.22. The standard InChI is InChI=1S/C19H16N4O2S/c1-3-13-10(2)14-6-5-12(9-16(14)21-19(13)25)20-18(24)11-4-7-15-17(8-11)23-26-22-15/h4-9H,3H2,1-2H3,(H,20,24)(H,21,25). The first-order valence-corrected chi connectivity index (χ1v) is 8.99. The van der Waals surface area contributed by atoms with Gasteiger partial charge in [-0.25, -0.2) is 0 Å². The van der Waals surface area contributed by atoms with Gasteiger partial charge in [-0.3, -0.25) is 9.59 Å². The van der Waals surface area contributed by atoms with Crippen molar-refractivity contribution in [3.63, 3.8) is 0 Å². The lowest BCUT2D eigenvalue weighted by atomic mass is 10.0. The molecule has 0 spiro atoms. The fraction of sp³-hybridized carbons (Fsp3) is 0.158. The monoisotopic (exact) mass is 364 g/mol. The van der Waals surface area contributed by atoms with Crippen molar-refractivity contribution in [2.75, 3.05) is 5.32 Å². The zero-order chi connectivity index (χ0) is 18.3. The fourth-order valence-electron chi connectivity index (χ4n) is 3.14. The van der Waals surface area contributed by atoms with E-state index in [2.05, 4.69) is 19.0 Å². The molecule has 7 heteroatoms. The number of pyridine rings is 1. The van der Waals surface area contributed by atoms with Crippen LogP contribution in [-0.2, 0) is 6.42 Å². The summed E-state index contributed by atoms with van der Waals surface area (Å²) in [6.45, 7) is 3.92. The van der Waals surface area contributed by atoms with Crippen LogP contribution in [0, 0.1) is 6.92 Å². The minimum Gasteiger partial charge on any atom is -0.322 e. The zero-order valence-corrected chi connectivity index (χ0v) is 15.1. The molecule has 0 aliphatic rings. The highest BCUT2D eigenvalue weighted by Gasteiger charge is 2.11. The van der Waals surface area contributed by atoms with E-state index < -0.39 is 0 Å². The molecule has 0 unspecified atom stereocenters. The van der Waals surface area contributed by atoms with Gasteiger partial charge in [0.15, 0.2) is 0 Å². The van der Waals surface area contributed by atoms with Crippen LogP contribution in [0.4, 0.5) is 5.69 Å². The number of amides is 1. The number of hydrogen-bond acceptors (Lipinski definition) is 5. The summed E-state index contributed by atoms with van der Waals surface area (Å²) in [6.07, 6.45) is 0.684. The number of fused-ring (bicyclic) bond motifs is 2. The molecule has 0 bridgehead atoms. The lowest BCUT2D eigenvalue weighted by Gasteiger charge is -2.10. The molecule has 4 rings (SSSR count). The second kappa shape index (κ2) is 6.34. The van der Waals surface area contributed by atoms with E-state index in [0.717, 1.165) is 33.8 Å². The number of aromatic amines is 1. The third kappa shape index (κ3) is 2.76. The Balaban J connectivity index is 1.68. The molecule has 6 nitrogen and oxygen atoms in total. The van der Waals surface area contributed by atoms with Gasteiger partial charge in [0.25, 0.3) is 11.5 Å². The highest BCUT2D eigenvalue weighted by molar-refractivity contribution is 7.00. The minimum absolute atomic E-state index is 0.0811. The molecule has 0 atom stereocenters. The third-order valence-electron chi connectivity index (χ3n) is 4.53. The van der Waals surface area contributed by atoms with E-state index >= 15 is 0 Å². The predicted molar refractivity (Wildman–Crippen MR) is 104 cm³/mol. The van der Waals surface area contributed by atoms with Crippen molar-refractivity contribution in [3.8, 4) is 0 Å². The molecule has 0 aliphatic heterocycles. The van der Waals surface area contributed by atoms with Crippen LogP contribution in [0.25, 0.3) is 21.9 Å². The molecule has 26 heavy (non-hydrogen) atoms. The fourth-order valence-corrected chi connectivity index (χ4v) is 3.65. The third-order valence-corrected chi connectivity index (χ3v) is 5.08. The molecular weight excluding hydrogens is 348 g/mol. The Kier molecular flexibility index (Phi) is 4.00. The summed E-state index contributed by atoms with van der Waals surface area (Å²) >= 11 is 1.12. The van der Waals surface area contributed by atoms with E-state index in [4.69, 9.17) is 0 Å². The van der Waals surface area contributed by atoms with Crippen molar-refractivity contribution in [1.29, 1.82) is 0 Å². The molecule has 2 N–H and O–H groups in total. The Bertz CT molecular complexity index is 1210. The largest absolute Gasteiger partial charge is 0.322 e. The number of nitrogens with zero attached hydrogens (tertiary/aromatic N) is 2. The quantitative estimate of drug-likeness (QED) is 0.581. The van der Waals surface area contributed by atoms with Gasteiger partial charge in [-0.2, -0.15) is 8.75 Å². The van der Waals surface area contributed by atoms with Crippen molar-refractivity contribution in [1.82, 2.24) is 13.7 Å². The maximum absolute atomic E-state index is 12.5. The molecule has 1 amide bonds. The molecule has 0 fully saturated rings. The number of H-pyrrole nitrogens is 1. The summed E-state index contributed by atoms with van der Waals surface area (Å²) in [5.74, 6) is -0.233. The maximum atomic E-state index is 12.5. The number of aryl methyl sites for hydroxylation is 1. The summed E-state index contributed by atoms with van der Waals surface area (Å²) in [5.41, 5.74) is 5.01. The Morgan fingerprint density at radius 1 is 1.15 bits per heavy atom. The van der Waals surface area contributed by atoms with Crippen molar-refractivity contribution < 1.29 is 4.79 Å². The summed E-state index contributed by atoms with van der Waals surface area (Å²) in [7, 11) is 0. The van der Waals surface area contributed by atoms with E-state index in [1.165, 1.54) is 0 Å². The van der Waals surface area contributed by atoms with Gasteiger partial charge in [-0.1, -0.05) is 13.0 Å². The first-order chi connectivity index (χ1) is 12.6. The van der Waals surface area contributed by atoms with Gasteiger partial charge in [0.05, 0.1) is 17.2 Å². The van der Waals surface area contributed by atoms with Crippen LogP contribution < -0.4 is 10.9 Å². The topological polar surface area (TPSA) is 87.7 Å². The van der Waals surface area contributed by atoms with Crippen LogP contribution in [0.3, 0.4) is 0 Å². The summed E-state index contributed by atoms with van der Waals surface area (Å²) < 4.78 is 8.29. The van der Waals surface area contributed by atoms with E-state index in [-0.39, 0.29) is 11.5 Å². The number of hydrogen-bond donors (Lipinski definition) is 2. The average molecular weight is 364 g/mol. The Morgan fingerprint density at radius 2 is 1.96 bits per heavy atom. The molecule has 2 heterocycles. The van der Waals surface area contributed by atoms with Crippen molar-refractivity contribution in [2.24, 2.45) is 0 Å². The average Bonchev–Trinajstić information content (AvgIpc) is 3.09. The first-order valence-electron chi connectivity index (χ1n) is 8.26. The van der Waals surface area contributed by atoms with Crippen molar-refractivity contribution in [3.05, 3.63) is 63.4 Å². The van der Waals surface area contributed by atoms with Gasteiger partial charge < -0.3 is 10.3 Å². The minimum atomic E-state index is -0.233. The number of aromatic nitrogens is 3. The summed E-state index contributed by atoms with van der Waals surface area (Å²) in [6, 6.07) is 10.8. The van der Waals surface area contributed by atoms with Gasteiger partial charge in [0.1, 0.15) is 11.0 Å². The predicted octanol–water partition coefficient (Wildman–Crippen LogP) is 3.66. The van der Waals surface area contributed by atoms with Gasteiger partial charge in [-0.05, 0) is 49.2 Å². The number of rotatable bonds is 3. The van der Waals surface area contributed by atoms with Crippen molar-refractivity contribution >= 4 is 45.3 Å². The molecule has 4 aromatic rings. The molecule has 0 saturated carbocycles. The van der Waals surface area contributed by atoms with Gasteiger partial charge in [0.2, 0.25) is 0 Å². The highest BCUT2D eigenvalue weighted by atomic mass is 32.1. The number of nitrogens with one attached hydrogen (secondary N) is 2. The molecule has 2 aromatic carbocycles. The SMILES string of the molecule is CCc1c(C)c2ccc(NC(=O)c3ccc4nsnc4c3)cc2[nH]c1=O. The van der Waals surface area contributed by atoms with E-state index in [0.29, 0.717) is 28.7 Å². The van der Waals surface area contributed by atoms with Crippen LogP contribution in [0.2, 0.25) is 0 Å². The van der Waals surface area contributed by atoms with Gasteiger partial charge in [-0.15, -0.1) is 0 Å². The first kappa shape index (κ1) is 16.4. The second-order valence-electron chi connectivity index (χ2n) is 6.09. The van der Waals surface area contributed by atoms with E-state index in [9.17, 15) is 9.59 Å². The zero-order valence-electron chi connectivity index (χ0n) is 14.3. The van der Waals surface area contributed by atoms with Crippen LogP contribution in [0.1, 0.15) is 28.4 Å². The number of carbonyl (C=O) groups excluding carboxylic acids is 1. The Hall–Kier alpha value is -3.06. The normalized spacial score (nSPS) is 11.2. The molecule has 130 valence electrons. The van der Waals surface area contributed by atoms with Crippen LogP contribution >= 0.6 is 11.7 Å². The maximum Gasteiger partial charge on any atom is 0.255 e. The van der Waals surface area contributed by atoms with Crippen LogP contribution in [0.15, 0.2) is 41.2 Å². The number of benzene rings is 2. The molecule has 0 radical (unpaired) electrons. The summed E-state index contributed by atoms with van der Waals surface area (Å²) in [5, 5.41) is 3.85. The second-order valence-corrected chi connectivity index (χ2v) is 6.62. The smallest absolute Gasteiger partial charge is 0.255 e. The lowest BCUT2D eigenvalue weighted by Crippen LogP contribution is -2.15. The van der Waals surface area contributed by atoms with Gasteiger partial charge >= 0.3 is 0 Å². The van der Waals surface area contributed by atoms with E-state index in [1.807, 2.05) is 26.0 Å². The Morgan fingerprint density at radius 3 is 2.77 bits per heavy atom. The summed E-state index contributed by atoms with van der Waals surface area (Å²) in [4.78, 5) is 27.6.